The summed E-state index contributed by atoms with van der Waals surface area (Å²) in [5.74, 6) is 1.72. The topological polar surface area (TPSA) is 9.23 Å². The van der Waals surface area contributed by atoms with Gasteiger partial charge in [0.2, 0.25) is 0 Å². The predicted octanol–water partition coefficient (Wildman–Crippen LogP) is 5.66. The van der Waals surface area contributed by atoms with Crippen molar-refractivity contribution in [1.29, 1.82) is 0 Å². The molecule has 0 aliphatic rings. The highest BCUT2D eigenvalue weighted by Gasteiger charge is 2.09. The van der Waals surface area contributed by atoms with Gasteiger partial charge in [0.1, 0.15) is 5.75 Å². The minimum atomic E-state index is 0.688. The Labute approximate surface area is 120 Å². The summed E-state index contributed by atoms with van der Waals surface area (Å²) in [5.41, 5.74) is 2.44. The SMILES string of the molecule is CCCC[C@H](CC)COc1cc(C)c(Br)cc1C. The van der Waals surface area contributed by atoms with Crippen LogP contribution in [0.15, 0.2) is 16.6 Å². The number of ether oxygens (including phenoxy) is 1. The van der Waals surface area contributed by atoms with E-state index in [0.29, 0.717) is 5.92 Å². The highest BCUT2D eigenvalue weighted by molar-refractivity contribution is 9.10. The molecule has 1 aromatic carbocycles. The average molecular weight is 313 g/mol. The highest BCUT2D eigenvalue weighted by Crippen LogP contribution is 2.27. The van der Waals surface area contributed by atoms with E-state index in [2.05, 4.69) is 55.8 Å². The molecule has 0 unspecified atom stereocenters. The van der Waals surface area contributed by atoms with Crippen molar-refractivity contribution in [2.24, 2.45) is 5.92 Å². The third-order valence-electron chi connectivity index (χ3n) is 3.47. The van der Waals surface area contributed by atoms with E-state index in [-0.39, 0.29) is 0 Å². The van der Waals surface area contributed by atoms with Gasteiger partial charge in [-0.2, -0.15) is 0 Å². The van der Waals surface area contributed by atoms with Gasteiger partial charge in [-0.25, -0.2) is 0 Å². The summed E-state index contributed by atoms with van der Waals surface area (Å²) in [6.45, 7) is 9.55. The minimum absolute atomic E-state index is 0.688. The summed E-state index contributed by atoms with van der Waals surface area (Å²) in [6, 6.07) is 4.27. The van der Waals surface area contributed by atoms with E-state index in [1.54, 1.807) is 0 Å². The van der Waals surface area contributed by atoms with Gasteiger partial charge in [0, 0.05) is 4.47 Å². The van der Waals surface area contributed by atoms with Crippen molar-refractivity contribution in [3.8, 4) is 5.75 Å². The van der Waals surface area contributed by atoms with E-state index in [1.165, 1.54) is 36.8 Å². The number of benzene rings is 1. The van der Waals surface area contributed by atoms with Crippen LogP contribution >= 0.6 is 15.9 Å². The lowest BCUT2D eigenvalue weighted by atomic mass is 10.0. The molecular formula is C16H25BrO. The Morgan fingerprint density at radius 2 is 1.89 bits per heavy atom. The largest absolute Gasteiger partial charge is 0.493 e. The average Bonchev–Trinajstić information content (AvgIpc) is 2.35. The van der Waals surface area contributed by atoms with Crippen molar-refractivity contribution in [2.45, 2.75) is 53.4 Å². The maximum absolute atomic E-state index is 6.00. The van der Waals surface area contributed by atoms with Crippen LogP contribution in [-0.4, -0.2) is 6.61 Å². The highest BCUT2D eigenvalue weighted by atomic mass is 79.9. The molecule has 2 heteroatoms. The summed E-state index contributed by atoms with van der Waals surface area (Å²) in [6.07, 6.45) is 5.06. The second-order valence-electron chi connectivity index (χ2n) is 5.09. The Balaban J connectivity index is 2.59. The molecule has 0 saturated heterocycles. The zero-order valence-electron chi connectivity index (χ0n) is 12.1. The van der Waals surface area contributed by atoms with Crippen molar-refractivity contribution < 1.29 is 4.74 Å². The van der Waals surface area contributed by atoms with Gasteiger partial charge in [0.05, 0.1) is 6.61 Å². The van der Waals surface area contributed by atoms with Crippen molar-refractivity contribution in [2.75, 3.05) is 6.61 Å². The number of unbranched alkanes of at least 4 members (excludes halogenated alkanes) is 1. The lowest BCUT2D eigenvalue weighted by molar-refractivity contribution is 0.232. The van der Waals surface area contributed by atoms with Crippen LogP contribution in [0.2, 0.25) is 0 Å². The van der Waals surface area contributed by atoms with Crippen LogP contribution < -0.4 is 4.74 Å². The van der Waals surface area contributed by atoms with Crippen LogP contribution in [-0.2, 0) is 0 Å². The number of halogens is 1. The van der Waals surface area contributed by atoms with Gasteiger partial charge in [-0.15, -0.1) is 0 Å². The quantitative estimate of drug-likeness (QED) is 0.631. The third kappa shape index (κ3) is 4.64. The van der Waals surface area contributed by atoms with Gasteiger partial charge in [0.15, 0.2) is 0 Å². The first-order valence-electron chi connectivity index (χ1n) is 6.98. The maximum atomic E-state index is 6.00. The molecule has 1 nitrogen and oxygen atoms in total. The molecule has 1 rings (SSSR count). The van der Waals surface area contributed by atoms with Gasteiger partial charge < -0.3 is 4.74 Å². The molecule has 0 fully saturated rings. The van der Waals surface area contributed by atoms with Crippen LogP contribution in [0.1, 0.15) is 50.7 Å². The fourth-order valence-electron chi connectivity index (χ4n) is 2.02. The second kappa shape index (κ2) is 7.83. The molecule has 0 spiro atoms. The van der Waals surface area contributed by atoms with Crippen LogP contribution in [0.25, 0.3) is 0 Å². The van der Waals surface area contributed by atoms with Crippen molar-refractivity contribution >= 4 is 15.9 Å². The molecule has 0 saturated carbocycles. The molecule has 0 aliphatic carbocycles. The van der Waals surface area contributed by atoms with Crippen LogP contribution in [0.3, 0.4) is 0 Å². The van der Waals surface area contributed by atoms with Gasteiger partial charge in [-0.05, 0) is 49.4 Å². The molecule has 0 aliphatic heterocycles. The first-order chi connectivity index (χ1) is 8.58. The predicted molar refractivity (Wildman–Crippen MR) is 82.4 cm³/mol. The van der Waals surface area contributed by atoms with Gasteiger partial charge >= 0.3 is 0 Å². The lowest BCUT2D eigenvalue weighted by Gasteiger charge is -2.17. The molecular weight excluding hydrogens is 288 g/mol. The van der Waals surface area contributed by atoms with Crippen LogP contribution in [0.5, 0.6) is 5.75 Å². The Kier molecular flexibility index (Phi) is 6.77. The van der Waals surface area contributed by atoms with Crippen LogP contribution in [0, 0.1) is 19.8 Å². The van der Waals surface area contributed by atoms with E-state index >= 15 is 0 Å². The lowest BCUT2D eigenvalue weighted by Crippen LogP contribution is -2.12. The normalized spacial score (nSPS) is 12.5. The molecule has 0 aromatic heterocycles. The Morgan fingerprint density at radius 3 is 2.50 bits per heavy atom. The molecule has 1 aromatic rings. The monoisotopic (exact) mass is 312 g/mol. The molecule has 18 heavy (non-hydrogen) atoms. The summed E-state index contributed by atoms with van der Waals surface area (Å²) in [7, 11) is 0. The Hall–Kier alpha value is -0.500. The zero-order chi connectivity index (χ0) is 13.5. The molecule has 0 heterocycles. The molecule has 0 radical (unpaired) electrons. The van der Waals surface area contributed by atoms with E-state index in [0.717, 1.165) is 16.8 Å². The van der Waals surface area contributed by atoms with Gasteiger partial charge in [-0.3, -0.25) is 0 Å². The summed E-state index contributed by atoms with van der Waals surface area (Å²) >= 11 is 3.55. The summed E-state index contributed by atoms with van der Waals surface area (Å²) < 4.78 is 7.16. The van der Waals surface area contributed by atoms with Crippen molar-refractivity contribution in [3.63, 3.8) is 0 Å². The number of hydrogen-bond acceptors (Lipinski definition) is 1. The third-order valence-corrected chi connectivity index (χ3v) is 4.33. The minimum Gasteiger partial charge on any atom is -0.493 e. The molecule has 1 atom stereocenters. The maximum Gasteiger partial charge on any atom is 0.122 e. The van der Waals surface area contributed by atoms with E-state index in [4.69, 9.17) is 4.74 Å². The van der Waals surface area contributed by atoms with Gasteiger partial charge in [0.25, 0.3) is 0 Å². The van der Waals surface area contributed by atoms with E-state index in [1.807, 2.05) is 0 Å². The fraction of sp³-hybridized carbons (Fsp3) is 0.625. The first-order valence-corrected chi connectivity index (χ1v) is 7.77. The first kappa shape index (κ1) is 15.6. The summed E-state index contributed by atoms with van der Waals surface area (Å²) in [5, 5.41) is 0. The molecule has 102 valence electrons. The van der Waals surface area contributed by atoms with Crippen molar-refractivity contribution in [3.05, 3.63) is 27.7 Å². The van der Waals surface area contributed by atoms with Crippen molar-refractivity contribution in [1.82, 2.24) is 0 Å². The second-order valence-corrected chi connectivity index (χ2v) is 5.95. The fourth-order valence-corrected chi connectivity index (χ4v) is 2.47. The Bertz CT molecular complexity index is 374. The zero-order valence-corrected chi connectivity index (χ0v) is 13.6. The summed E-state index contributed by atoms with van der Waals surface area (Å²) in [4.78, 5) is 0. The molecule has 0 bridgehead atoms. The van der Waals surface area contributed by atoms with Gasteiger partial charge in [-0.1, -0.05) is 49.0 Å². The standard InChI is InChI=1S/C16H25BrO/c1-5-7-8-14(6-2)11-18-16-10-12(3)15(17)9-13(16)4/h9-10,14H,5-8,11H2,1-4H3/t14-/m0/s1. The van der Waals surface area contributed by atoms with Crippen LogP contribution in [0.4, 0.5) is 0 Å². The molecule has 0 N–H and O–H groups in total. The van der Waals surface area contributed by atoms with E-state index in [9.17, 15) is 0 Å². The number of rotatable bonds is 7. The Morgan fingerprint density at radius 1 is 1.17 bits per heavy atom. The number of aryl methyl sites for hydroxylation is 2. The number of hydrogen-bond donors (Lipinski definition) is 0. The molecule has 0 amide bonds. The van der Waals surface area contributed by atoms with E-state index < -0.39 is 0 Å². The smallest absolute Gasteiger partial charge is 0.122 e.